The molecule has 1 aliphatic heterocycles. The van der Waals surface area contributed by atoms with Crippen LogP contribution >= 0.6 is 24.0 Å². The Labute approximate surface area is 188 Å². The molecule has 0 spiro atoms. The summed E-state index contributed by atoms with van der Waals surface area (Å²) in [4.78, 5) is 21.3. The average Bonchev–Trinajstić information content (AvgIpc) is 2.58. The van der Waals surface area contributed by atoms with Gasteiger partial charge in [0.2, 0.25) is 5.91 Å². The first-order valence-electron chi connectivity index (χ1n) is 10.5. The van der Waals surface area contributed by atoms with Gasteiger partial charge >= 0.3 is 0 Å². The summed E-state index contributed by atoms with van der Waals surface area (Å²) in [5, 5.41) is 15.7. The molecule has 0 saturated carbocycles. The Hall–Kier alpha value is -0.610. The highest BCUT2D eigenvalue weighted by molar-refractivity contribution is 14.0. The van der Waals surface area contributed by atoms with Crippen molar-refractivity contribution in [3.8, 4) is 0 Å². The van der Waals surface area contributed by atoms with E-state index in [1.165, 1.54) is 0 Å². The van der Waals surface area contributed by atoms with Crippen LogP contribution in [0.25, 0.3) is 0 Å². The fourth-order valence-electron chi connectivity index (χ4n) is 3.46. The van der Waals surface area contributed by atoms with Crippen LogP contribution in [0.4, 0.5) is 0 Å². The highest BCUT2D eigenvalue weighted by Crippen LogP contribution is 2.16. The monoisotopic (exact) mass is 511 g/mol. The zero-order chi connectivity index (χ0) is 20.2. The quantitative estimate of drug-likeness (QED) is 0.237. The summed E-state index contributed by atoms with van der Waals surface area (Å²) in [7, 11) is 0. The lowest BCUT2D eigenvalue weighted by Gasteiger charge is -2.36. The molecule has 1 saturated heterocycles. The Morgan fingerprint density at radius 3 is 2.29 bits per heavy atom. The zero-order valence-corrected chi connectivity index (χ0v) is 20.7. The molecule has 3 N–H and O–H groups in total. The van der Waals surface area contributed by atoms with Crippen molar-refractivity contribution in [1.82, 2.24) is 20.4 Å². The summed E-state index contributed by atoms with van der Waals surface area (Å²) < 4.78 is 0. The van der Waals surface area contributed by atoms with Crippen LogP contribution in [0.3, 0.4) is 0 Å². The third kappa shape index (κ3) is 11.4. The smallest absolute Gasteiger partial charge is 0.234 e. The molecule has 1 fully saturated rings. The van der Waals surface area contributed by atoms with E-state index in [2.05, 4.69) is 41.2 Å². The van der Waals surface area contributed by atoms with Crippen molar-refractivity contribution in [2.24, 2.45) is 16.8 Å². The van der Waals surface area contributed by atoms with Gasteiger partial charge in [-0.25, -0.2) is 0 Å². The summed E-state index contributed by atoms with van der Waals surface area (Å²) in [5.74, 6) is 2.08. The first kappa shape index (κ1) is 27.4. The Morgan fingerprint density at radius 2 is 1.79 bits per heavy atom. The predicted molar refractivity (Wildman–Crippen MR) is 127 cm³/mol. The topological polar surface area (TPSA) is 80.2 Å². The minimum absolute atomic E-state index is 0. The number of nitrogens with one attached hydrogen (secondary N) is 2. The van der Waals surface area contributed by atoms with Crippen molar-refractivity contribution in [3.05, 3.63) is 0 Å². The van der Waals surface area contributed by atoms with E-state index < -0.39 is 0 Å². The number of nitrogens with zero attached hydrogens (tertiary/aromatic N) is 3. The molecule has 0 bridgehead atoms. The highest BCUT2D eigenvalue weighted by atomic mass is 127. The number of aliphatic hydroxyl groups is 1. The Kier molecular flexibility index (Phi) is 14.9. The van der Waals surface area contributed by atoms with Gasteiger partial charge in [-0.15, -0.1) is 24.0 Å². The van der Waals surface area contributed by atoms with Gasteiger partial charge in [0.15, 0.2) is 5.96 Å². The van der Waals surface area contributed by atoms with Crippen molar-refractivity contribution < 1.29 is 9.90 Å². The zero-order valence-electron chi connectivity index (χ0n) is 18.4. The predicted octanol–water partition coefficient (Wildman–Crippen LogP) is 1.76. The van der Waals surface area contributed by atoms with E-state index in [4.69, 9.17) is 4.99 Å². The normalized spacial score (nSPS) is 16.9. The second-order valence-electron chi connectivity index (χ2n) is 8.19. The molecule has 1 atom stereocenters. The van der Waals surface area contributed by atoms with Crippen LogP contribution in [0, 0.1) is 11.8 Å². The molecule has 166 valence electrons. The molecule has 7 nitrogen and oxygen atoms in total. The van der Waals surface area contributed by atoms with E-state index in [9.17, 15) is 9.90 Å². The van der Waals surface area contributed by atoms with Gasteiger partial charge < -0.3 is 20.6 Å². The minimum Gasteiger partial charge on any atom is -0.396 e. The second kappa shape index (κ2) is 15.3. The van der Waals surface area contributed by atoms with Crippen LogP contribution < -0.4 is 10.6 Å². The van der Waals surface area contributed by atoms with Crippen LogP contribution in [-0.4, -0.2) is 85.2 Å². The van der Waals surface area contributed by atoms with Gasteiger partial charge in [-0.05, 0) is 45.4 Å². The molecule has 0 aromatic rings. The number of guanidine groups is 1. The Morgan fingerprint density at radius 1 is 1.14 bits per heavy atom. The molecular weight excluding hydrogens is 469 g/mol. The molecule has 0 aromatic heterocycles. The number of carbonyl (C=O) groups excluding carboxylic acids is 1. The Bertz CT molecular complexity index is 452. The van der Waals surface area contributed by atoms with Gasteiger partial charge in [0.25, 0.3) is 0 Å². The summed E-state index contributed by atoms with van der Waals surface area (Å²) in [6.07, 6.45) is 1.89. The lowest BCUT2D eigenvalue weighted by Crippen LogP contribution is -2.54. The molecule has 1 aliphatic rings. The SMILES string of the molecule is CCNC(=NCC(CCO)CC(C)C)N1CCN(CC(=O)NC(C)C)CC1.I. The summed E-state index contributed by atoms with van der Waals surface area (Å²) in [6.45, 7) is 16.2. The minimum atomic E-state index is 0. The molecule has 0 aliphatic carbocycles. The van der Waals surface area contributed by atoms with Crippen LogP contribution in [0.2, 0.25) is 0 Å². The number of halogens is 1. The fraction of sp³-hybridized carbons (Fsp3) is 0.900. The number of carbonyl (C=O) groups is 1. The number of piperazine rings is 1. The molecule has 28 heavy (non-hydrogen) atoms. The molecular formula is C20H42IN5O2. The second-order valence-corrected chi connectivity index (χ2v) is 8.19. The summed E-state index contributed by atoms with van der Waals surface area (Å²) in [5.41, 5.74) is 0. The first-order valence-corrected chi connectivity index (χ1v) is 10.5. The maximum absolute atomic E-state index is 11.9. The third-order valence-corrected chi connectivity index (χ3v) is 4.66. The largest absolute Gasteiger partial charge is 0.396 e. The molecule has 0 aromatic carbocycles. The number of aliphatic imine (C=N–C) groups is 1. The van der Waals surface area contributed by atoms with Crippen LogP contribution in [0.15, 0.2) is 4.99 Å². The molecule has 1 amide bonds. The molecule has 8 heteroatoms. The lowest BCUT2D eigenvalue weighted by molar-refractivity contribution is -0.123. The molecule has 1 rings (SSSR count). The van der Waals surface area contributed by atoms with Crippen LogP contribution in [-0.2, 0) is 4.79 Å². The number of amides is 1. The number of rotatable bonds is 10. The van der Waals surface area contributed by atoms with E-state index in [1.807, 2.05) is 13.8 Å². The maximum Gasteiger partial charge on any atom is 0.234 e. The standard InChI is InChI=1S/C20H41N5O2.HI/c1-6-21-20(22-14-18(7-12-26)13-16(2)3)25-10-8-24(9-11-25)15-19(27)23-17(4)5;/h16-18,26H,6-15H2,1-5H3,(H,21,22)(H,23,27);1H. The van der Waals surface area contributed by atoms with Crippen molar-refractivity contribution in [1.29, 1.82) is 0 Å². The molecule has 1 unspecified atom stereocenters. The van der Waals surface area contributed by atoms with Crippen molar-refractivity contribution >= 4 is 35.8 Å². The third-order valence-electron chi connectivity index (χ3n) is 4.66. The van der Waals surface area contributed by atoms with E-state index in [-0.39, 0.29) is 42.5 Å². The summed E-state index contributed by atoms with van der Waals surface area (Å²) >= 11 is 0. The summed E-state index contributed by atoms with van der Waals surface area (Å²) in [6, 6.07) is 0.184. The van der Waals surface area contributed by atoms with Crippen molar-refractivity contribution in [2.75, 3.05) is 52.4 Å². The van der Waals surface area contributed by atoms with Gasteiger partial charge in [-0.3, -0.25) is 14.7 Å². The highest BCUT2D eigenvalue weighted by Gasteiger charge is 2.21. The molecule has 0 radical (unpaired) electrons. The number of hydrogen-bond acceptors (Lipinski definition) is 4. The average molecular weight is 511 g/mol. The van der Waals surface area contributed by atoms with Crippen LogP contribution in [0.1, 0.15) is 47.5 Å². The Balaban J connectivity index is 0.00000729. The van der Waals surface area contributed by atoms with Gasteiger partial charge in [-0.1, -0.05) is 13.8 Å². The van der Waals surface area contributed by atoms with Crippen molar-refractivity contribution in [3.63, 3.8) is 0 Å². The van der Waals surface area contributed by atoms with Gasteiger partial charge in [0.1, 0.15) is 0 Å². The van der Waals surface area contributed by atoms with E-state index in [1.54, 1.807) is 0 Å². The van der Waals surface area contributed by atoms with Crippen molar-refractivity contribution in [2.45, 2.75) is 53.5 Å². The van der Waals surface area contributed by atoms with Crippen LogP contribution in [0.5, 0.6) is 0 Å². The van der Waals surface area contributed by atoms with Gasteiger partial charge in [-0.2, -0.15) is 0 Å². The lowest BCUT2D eigenvalue weighted by atomic mass is 9.94. The van der Waals surface area contributed by atoms with E-state index in [0.29, 0.717) is 18.4 Å². The first-order chi connectivity index (χ1) is 12.8. The fourth-order valence-corrected chi connectivity index (χ4v) is 3.46. The number of hydrogen-bond donors (Lipinski definition) is 3. The van der Waals surface area contributed by atoms with E-state index >= 15 is 0 Å². The van der Waals surface area contributed by atoms with E-state index in [0.717, 1.165) is 58.1 Å². The number of aliphatic hydroxyl groups excluding tert-OH is 1. The maximum atomic E-state index is 11.9. The van der Waals surface area contributed by atoms with Gasteiger partial charge in [0, 0.05) is 51.9 Å². The molecule has 1 heterocycles. The van der Waals surface area contributed by atoms with Gasteiger partial charge in [0.05, 0.1) is 6.54 Å².